The summed E-state index contributed by atoms with van der Waals surface area (Å²) in [6.07, 6.45) is 2.71. The molecule has 0 saturated carbocycles. The smallest absolute Gasteiger partial charge is 0.326 e. The van der Waals surface area contributed by atoms with Gasteiger partial charge in [0.15, 0.2) is 0 Å². The van der Waals surface area contributed by atoms with Crippen LogP contribution in [-0.2, 0) is 16.1 Å². The van der Waals surface area contributed by atoms with E-state index < -0.39 is 12.0 Å². The second kappa shape index (κ2) is 8.18. The highest BCUT2D eigenvalue weighted by Gasteiger charge is 2.32. The van der Waals surface area contributed by atoms with E-state index in [0.717, 1.165) is 38.0 Å². The molecule has 0 spiro atoms. The van der Waals surface area contributed by atoms with Crippen LogP contribution in [0.15, 0.2) is 24.3 Å². The predicted octanol–water partition coefficient (Wildman–Crippen LogP) is 2.38. The van der Waals surface area contributed by atoms with Crippen molar-refractivity contribution in [2.45, 2.75) is 57.9 Å². The number of carbonyl (C=O) groups excluding carboxylic acids is 1. The Hall–Kier alpha value is -1.92. The van der Waals surface area contributed by atoms with Crippen LogP contribution in [0.25, 0.3) is 0 Å². The first-order valence-electron chi connectivity index (χ1n) is 9.44. The summed E-state index contributed by atoms with van der Waals surface area (Å²) >= 11 is 0. The summed E-state index contributed by atoms with van der Waals surface area (Å²) in [4.78, 5) is 28.0. The van der Waals surface area contributed by atoms with E-state index in [0.29, 0.717) is 18.5 Å². The summed E-state index contributed by atoms with van der Waals surface area (Å²) in [5.41, 5.74) is 1.71. The molecule has 0 radical (unpaired) electrons. The van der Waals surface area contributed by atoms with Gasteiger partial charge in [-0.05, 0) is 50.8 Å². The number of benzene rings is 1. The molecule has 1 amide bonds. The lowest BCUT2D eigenvalue weighted by Gasteiger charge is -2.35. The van der Waals surface area contributed by atoms with E-state index in [4.69, 9.17) is 4.74 Å². The van der Waals surface area contributed by atoms with Gasteiger partial charge in [-0.3, -0.25) is 9.69 Å². The molecule has 0 aromatic heterocycles. The molecule has 1 aromatic rings. The van der Waals surface area contributed by atoms with E-state index in [-0.39, 0.29) is 18.1 Å². The van der Waals surface area contributed by atoms with Crippen LogP contribution < -0.4 is 0 Å². The summed E-state index contributed by atoms with van der Waals surface area (Å²) in [5.74, 6) is -1.09. The summed E-state index contributed by atoms with van der Waals surface area (Å²) in [5, 5.41) is 9.36. The topological polar surface area (TPSA) is 70.1 Å². The zero-order valence-electron chi connectivity index (χ0n) is 15.6. The predicted molar refractivity (Wildman–Crippen MR) is 98.0 cm³/mol. The molecule has 26 heavy (non-hydrogen) atoms. The number of hydrogen-bond acceptors (Lipinski definition) is 4. The third kappa shape index (κ3) is 4.43. The summed E-state index contributed by atoms with van der Waals surface area (Å²) in [6, 6.07) is 6.87. The third-order valence-electron chi connectivity index (χ3n) is 5.15. The van der Waals surface area contributed by atoms with Crippen molar-refractivity contribution in [3.63, 3.8) is 0 Å². The van der Waals surface area contributed by atoms with Gasteiger partial charge in [-0.15, -0.1) is 0 Å². The highest BCUT2D eigenvalue weighted by molar-refractivity contribution is 5.96. The van der Waals surface area contributed by atoms with Crippen LogP contribution in [-0.4, -0.2) is 64.7 Å². The fourth-order valence-corrected chi connectivity index (χ4v) is 4.02. The molecule has 3 rings (SSSR count). The van der Waals surface area contributed by atoms with Gasteiger partial charge < -0.3 is 14.7 Å². The summed E-state index contributed by atoms with van der Waals surface area (Å²) in [7, 11) is 0. The standard InChI is InChI=1S/C20H28N2O4/c1-14-11-21(12-15(2)26-14)13-16-6-8-17(9-7-16)19(23)22-10-4-3-5-18(22)20(24)25/h6-9,14-15,18H,3-5,10-13H2,1-2H3,(H,24,25). The van der Waals surface area contributed by atoms with Crippen molar-refractivity contribution in [2.75, 3.05) is 19.6 Å². The van der Waals surface area contributed by atoms with E-state index >= 15 is 0 Å². The highest BCUT2D eigenvalue weighted by Crippen LogP contribution is 2.21. The molecule has 2 aliphatic heterocycles. The molecule has 0 aliphatic carbocycles. The second-order valence-electron chi connectivity index (χ2n) is 7.50. The Balaban J connectivity index is 1.65. The van der Waals surface area contributed by atoms with Gasteiger partial charge in [0.1, 0.15) is 6.04 Å². The molecule has 2 fully saturated rings. The minimum atomic E-state index is -0.912. The maximum atomic E-state index is 12.7. The van der Waals surface area contributed by atoms with Gasteiger partial charge in [-0.1, -0.05) is 12.1 Å². The number of likely N-dealkylation sites (tertiary alicyclic amines) is 1. The Bertz CT molecular complexity index is 636. The fraction of sp³-hybridized carbons (Fsp3) is 0.600. The Kier molecular flexibility index (Phi) is 5.94. The van der Waals surface area contributed by atoms with E-state index in [9.17, 15) is 14.7 Å². The van der Waals surface area contributed by atoms with Gasteiger partial charge in [0.25, 0.3) is 5.91 Å². The van der Waals surface area contributed by atoms with Crippen LogP contribution in [0.2, 0.25) is 0 Å². The molecule has 3 atom stereocenters. The van der Waals surface area contributed by atoms with Crippen molar-refractivity contribution in [1.29, 1.82) is 0 Å². The van der Waals surface area contributed by atoms with Crippen molar-refractivity contribution < 1.29 is 19.4 Å². The number of hydrogen-bond donors (Lipinski definition) is 1. The number of nitrogens with zero attached hydrogens (tertiary/aromatic N) is 2. The van der Waals surface area contributed by atoms with Crippen molar-refractivity contribution in [1.82, 2.24) is 9.80 Å². The van der Waals surface area contributed by atoms with Crippen molar-refractivity contribution in [3.05, 3.63) is 35.4 Å². The molecule has 1 aromatic carbocycles. The van der Waals surface area contributed by atoms with E-state index in [1.807, 2.05) is 24.3 Å². The average Bonchev–Trinajstić information content (AvgIpc) is 2.61. The molecule has 0 bridgehead atoms. The van der Waals surface area contributed by atoms with Crippen molar-refractivity contribution in [2.24, 2.45) is 0 Å². The van der Waals surface area contributed by atoms with Crippen molar-refractivity contribution in [3.8, 4) is 0 Å². The Morgan fingerprint density at radius 3 is 2.38 bits per heavy atom. The molecule has 2 saturated heterocycles. The molecule has 2 heterocycles. The van der Waals surface area contributed by atoms with Crippen LogP contribution in [0.1, 0.15) is 49.0 Å². The molecule has 1 N–H and O–H groups in total. The van der Waals surface area contributed by atoms with Crippen LogP contribution in [0.3, 0.4) is 0 Å². The zero-order valence-corrected chi connectivity index (χ0v) is 15.6. The van der Waals surface area contributed by atoms with Gasteiger partial charge in [0.2, 0.25) is 0 Å². The van der Waals surface area contributed by atoms with Crippen LogP contribution >= 0.6 is 0 Å². The van der Waals surface area contributed by atoms with Gasteiger partial charge in [-0.2, -0.15) is 0 Å². The monoisotopic (exact) mass is 360 g/mol. The molecular formula is C20H28N2O4. The van der Waals surface area contributed by atoms with Crippen LogP contribution in [0.4, 0.5) is 0 Å². The summed E-state index contributed by atoms with van der Waals surface area (Å²) in [6.45, 7) is 7.32. The number of amides is 1. The quantitative estimate of drug-likeness (QED) is 0.893. The van der Waals surface area contributed by atoms with Gasteiger partial charge >= 0.3 is 5.97 Å². The SMILES string of the molecule is CC1CN(Cc2ccc(C(=O)N3CCCCC3C(=O)O)cc2)CC(C)O1. The van der Waals surface area contributed by atoms with E-state index in [1.165, 1.54) is 4.90 Å². The second-order valence-corrected chi connectivity index (χ2v) is 7.50. The van der Waals surface area contributed by atoms with Crippen LogP contribution in [0, 0.1) is 0 Å². The lowest BCUT2D eigenvalue weighted by Crippen LogP contribution is -2.48. The molecule has 3 unspecified atom stereocenters. The van der Waals surface area contributed by atoms with Gasteiger partial charge in [-0.25, -0.2) is 4.79 Å². The minimum Gasteiger partial charge on any atom is -0.480 e. The number of carboxylic acid groups (broad SMARTS) is 1. The maximum absolute atomic E-state index is 12.7. The third-order valence-corrected chi connectivity index (χ3v) is 5.15. The number of ether oxygens (including phenoxy) is 1. The minimum absolute atomic E-state index is 0.183. The molecule has 6 nitrogen and oxygen atoms in total. The first-order chi connectivity index (χ1) is 12.4. The Morgan fingerprint density at radius 2 is 1.77 bits per heavy atom. The molecule has 142 valence electrons. The first-order valence-corrected chi connectivity index (χ1v) is 9.44. The number of morpholine rings is 1. The van der Waals surface area contributed by atoms with E-state index in [2.05, 4.69) is 18.7 Å². The summed E-state index contributed by atoms with van der Waals surface area (Å²) < 4.78 is 5.76. The lowest BCUT2D eigenvalue weighted by molar-refractivity contribution is -0.143. The highest BCUT2D eigenvalue weighted by atomic mass is 16.5. The molecule has 2 aliphatic rings. The zero-order chi connectivity index (χ0) is 18.7. The fourth-order valence-electron chi connectivity index (χ4n) is 4.02. The normalized spacial score (nSPS) is 27.3. The lowest BCUT2D eigenvalue weighted by atomic mass is 10.0. The van der Waals surface area contributed by atoms with Crippen molar-refractivity contribution >= 4 is 11.9 Å². The maximum Gasteiger partial charge on any atom is 0.326 e. The van der Waals surface area contributed by atoms with E-state index in [1.54, 1.807) is 0 Å². The van der Waals surface area contributed by atoms with Gasteiger partial charge in [0.05, 0.1) is 12.2 Å². The Morgan fingerprint density at radius 1 is 1.12 bits per heavy atom. The largest absolute Gasteiger partial charge is 0.480 e. The number of carbonyl (C=O) groups is 2. The molecular weight excluding hydrogens is 332 g/mol. The van der Waals surface area contributed by atoms with Crippen LogP contribution in [0.5, 0.6) is 0 Å². The molecule has 6 heteroatoms. The van der Waals surface area contributed by atoms with Gasteiger partial charge in [0, 0.05) is 31.7 Å². The first kappa shape index (κ1) is 18.9. The average molecular weight is 360 g/mol. The number of piperidine rings is 1. The number of carboxylic acids is 1. The number of rotatable bonds is 4. The Labute approximate surface area is 154 Å². The number of aliphatic carboxylic acids is 1.